The van der Waals surface area contributed by atoms with Gasteiger partial charge in [-0.1, -0.05) is 42.5 Å². The molecule has 4 rings (SSSR count). The Morgan fingerprint density at radius 1 is 1.09 bits per heavy atom. The third-order valence-corrected chi connectivity index (χ3v) is 6.26. The topological polar surface area (TPSA) is 22.1 Å². The van der Waals surface area contributed by atoms with E-state index in [1.54, 1.807) is 6.07 Å². The number of piperidine rings is 1. The van der Waals surface area contributed by atoms with Crippen molar-refractivity contribution < 1.29 is 13.2 Å². The number of hydrazone groups is 1. The van der Waals surface area contributed by atoms with Gasteiger partial charge in [-0.05, 0) is 69.0 Å². The van der Waals surface area contributed by atoms with E-state index < -0.39 is 11.7 Å². The number of likely N-dealkylation sites (N-methyl/N-ethyl adjacent to an activating group) is 1. The molecule has 2 aromatic carbocycles. The maximum atomic E-state index is 13.2. The zero-order valence-corrected chi connectivity index (χ0v) is 20.6. The second-order valence-corrected chi connectivity index (χ2v) is 9.26. The molecule has 2 aromatic rings. The number of benzene rings is 2. The van der Waals surface area contributed by atoms with Crippen LogP contribution in [0.1, 0.15) is 29.2 Å². The van der Waals surface area contributed by atoms with E-state index in [9.17, 15) is 13.2 Å². The molecule has 0 bridgehead atoms. The number of halogens is 4. The summed E-state index contributed by atoms with van der Waals surface area (Å²) < 4.78 is 39.7. The van der Waals surface area contributed by atoms with Crippen LogP contribution in [0.2, 0.25) is 0 Å². The Bertz CT molecular complexity index is 1020. The highest BCUT2D eigenvalue weighted by Crippen LogP contribution is 2.40. The summed E-state index contributed by atoms with van der Waals surface area (Å²) in [5, 5.41) is 7.25. The van der Waals surface area contributed by atoms with E-state index in [2.05, 4.69) is 60.2 Å². The summed E-state index contributed by atoms with van der Waals surface area (Å²) >= 11 is 0. The number of likely N-dealkylation sites (tertiary alicyclic amines) is 1. The van der Waals surface area contributed by atoms with Crippen molar-refractivity contribution in [1.29, 1.82) is 0 Å². The third kappa shape index (κ3) is 6.01. The average molecular weight is 493 g/mol. The van der Waals surface area contributed by atoms with Crippen LogP contribution >= 0.6 is 12.4 Å². The lowest BCUT2D eigenvalue weighted by atomic mass is 9.83. The van der Waals surface area contributed by atoms with Gasteiger partial charge in [-0.15, -0.1) is 12.4 Å². The number of alkyl halides is 3. The van der Waals surface area contributed by atoms with Crippen molar-refractivity contribution in [3.63, 3.8) is 0 Å². The molecule has 0 aromatic heterocycles. The fraction of sp³-hybridized carbons (Fsp3) is 0.423. The van der Waals surface area contributed by atoms with Gasteiger partial charge in [-0.2, -0.15) is 18.3 Å². The molecule has 1 fully saturated rings. The van der Waals surface area contributed by atoms with Crippen molar-refractivity contribution in [3.8, 4) is 0 Å². The average Bonchev–Trinajstić information content (AvgIpc) is 3.12. The Morgan fingerprint density at radius 2 is 1.82 bits per heavy atom. The fourth-order valence-electron chi connectivity index (χ4n) is 4.81. The van der Waals surface area contributed by atoms with Crippen LogP contribution in [0.4, 0.5) is 13.2 Å². The highest BCUT2D eigenvalue weighted by molar-refractivity contribution is 6.07. The van der Waals surface area contributed by atoms with Gasteiger partial charge >= 0.3 is 6.18 Å². The van der Waals surface area contributed by atoms with Crippen LogP contribution < -0.4 is 0 Å². The van der Waals surface area contributed by atoms with Crippen molar-refractivity contribution >= 4 is 24.2 Å². The summed E-state index contributed by atoms with van der Waals surface area (Å²) in [6.07, 6.45) is -1.49. The van der Waals surface area contributed by atoms with Gasteiger partial charge < -0.3 is 9.80 Å². The second-order valence-electron chi connectivity index (χ2n) is 9.26. The first kappa shape index (κ1) is 26.3. The molecule has 184 valence electrons. The molecule has 0 spiro atoms. The van der Waals surface area contributed by atoms with Gasteiger partial charge in [-0.3, -0.25) is 5.01 Å². The summed E-state index contributed by atoms with van der Waals surface area (Å²) in [6, 6.07) is 16.1. The minimum Gasteiger partial charge on any atom is -0.309 e. The monoisotopic (exact) mass is 492 g/mol. The first-order valence-corrected chi connectivity index (χ1v) is 11.3. The fourth-order valence-corrected chi connectivity index (χ4v) is 4.81. The first-order valence-electron chi connectivity index (χ1n) is 11.3. The van der Waals surface area contributed by atoms with Gasteiger partial charge in [0.25, 0.3) is 0 Å². The number of nitrogens with zero attached hydrogens (tertiary/aromatic N) is 4. The normalized spacial score (nSPS) is 22.0. The van der Waals surface area contributed by atoms with E-state index in [0.717, 1.165) is 43.4 Å². The molecule has 2 atom stereocenters. The lowest BCUT2D eigenvalue weighted by molar-refractivity contribution is -0.137. The summed E-state index contributed by atoms with van der Waals surface area (Å²) in [5.41, 5.74) is 3.14. The third-order valence-electron chi connectivity index (χ3n) is 6.26. The summed E-state index contributed by atoms with van der Waals surface area (Å²) in [7, 11) is 6.19. The van der Waals surface area contributed by atoms with Crippen LogP contribution in [-0.2, 0) is 6.18 Å². The molecule has 0 radical (unpaired) electrons. The number of hydrogen-bond donors (Lipinski definition) is 0. The smallest absolute Gasteiger partial charge is 0.309 e. The van der Waals surface area contributed by atoms with Gasteiger partial charge in [0.05, 0.1) is 17.3 Å². The Labute approximate surface area is 206 Å². The van der Waals surface area contributed by atoms with Crippen LogP contribution in [0, 0.1) is 5.92 Å². The van der Waals surface area contributed by atoms with Gasteiger partial charge in [0.15, 0.2) is 0 Å². The van der Waals surface area contributed by atoms with Crippen LogP contribution in [0.5, 0.6) is 0 Å². The van der Waals surface area contributed by atoms with Crippen molar-refractivity contribution in [2.75, 3.05) is 47.3 Å². The van der Waals surface area contributed by atoms with E-state index in [0.29, 0.717) is 12.1 Å². The molecule has 2 heterocycles. The first-order chi connectivity index (χ1) is 15.7. The molecule has 4 nitrogen and oxygen atoms in total. The van der Waals surface area contributed by atoms with Crippen molar-refractivity contribution in [3.05, 3.63) is 76.9 Å². The highest BCUT2D eigenvalue weighted by Gasteiger charge is 2.42. The van der Waals surface area contributed by atoms with Crippen molar-refractivity contribution in [2.45, 2.75) is 18.6 Å². The van der Waals surface area contributed by atoms with Gasteiger partial charge in [0, 0.05) is 25.6 Å². The zero-order chi connectivity index (χ0) is 23.6. The Hall–Kier alpha value is -2.35. The molecule has 0 aliphatic carbocycles. The highest BCUT2D eigenvalue weighted by atomic mass is 35.5. The predicted molar refractivity (Wildman–Crippen MR) is 134 cm³/mol. The van der Waals surface area contributed by atoms with E-state index in [1.165, 1.54) is 17.7 Å². The lowest BCUT2D eigenvalue weighted by Crippen LogP contribution is -2.41. The maximum Gasteiger partial charge on any atom is 0.416 e. The molecular formula is C26H32ClF3N4. The van der Waals surface area contributed by atoms with Crippen LogP contribution in [-0.4, -0.2) is 67.8 Å². The lowest BCUT2D eigenvalue weighted by Gasteiger charge is -2.35. The van der Waals surface area contributed by atoms with Gasteiger partial charge in [0.2, 0.25) is 0 Å². The molecule has 1 saturated heterocycles. The molecule has 8 heteroatoms. The molecule has 0 N–H and O–H groups in total. The Kier molecular flexibility index (Phi) is 8.44. The Balaban J connectivity index is 0.00000324. The van der Waals surface area contributed by atoms with Crippen molar-refractivity contribution in [1.82, 2.24) is 14.8 Å². The molecule has 2 aliphatic rings. The SMILES string of the molecule is CN(C)CCCN1N=C2C(=Cc3cccc(C(F)(F)F)c3)CN(C)CC2C1c1ccccc1.Cl. The van der Waals surface area contributed by atoms with E-state index in [-0.39, 0.29) is 24.4 Å². The van der Waals surface area contributed by atoms with Crippen LogP contribution in [0.3, 0.4) is 0 Å². The minimum atomic E-state index is -4.35. The Morgan fingerprint density at radius 3 is 2.50 bits per heavy atom. The summed E-state index contributed by atoms with van der Waals surface area (Å²) in [5.74, 6) is 0.169. The number of fused-ring (bicyclic) bond motifs is 1. The molecular weight excluding hydrogens is 461 g/mol. The molecule has 0 saturated carbocycles. The quantitative estimate of drug-likeness (QED) is 0.536. The van der Waals surface area contributed by atoms with Gasteiger partial charge in [0.1, 0.15) is 0 Å². The van der Waals surface area contributed by atoms with E-state index >= 15 is 0 Å². The van der Waals surface area contributed by atoms with Crippen LogP contribution in [0.25, 0.3) is 6.08 Å². The largest absolute Gasteiger partial charge is 0.416 e. The number of hydrogen-bond acceptors (Lipinski definition) is 4. The molecule has 2 unspecified atom stereocenters. The second kappa shape index (κ2) is 10.9. The molecule has 2 aliphatic heterocycles. The summed E-state index contributed by atoms with van der Waals surface area (Å²) in [6.45, 7) is 3.33. The van der Waals surface area contributed by atoms with E-state index in [4.69, 9.17) is 5.10 Å². The van der Waals surface area contributed by atoms with Crippen molar-refractivity contribution in [2.24, 2.45) is 11.0 Å². The summed E-state index contributed by atoms with van der Waals surface area (Å²) in [4.78, 5) is 4.41. The van der Waals surface area contributed by atoms with Crippen LogP contribution in [0.15, 0.2) is 65.3 Å². The number of rotatable bonds is 6. The predicted octanol–water partition coefficient (Wildman–Crippen LogP) is 5.44. The molecule has 34 heavy (non-hydrogen) atoms. The standard InChI is InChI=1S/C26H31F3N4.ClH/c1-31(2)13-8-14-33-25(20-10-5-4-6-11-20)23-18-32(3)17-21(24(23)30-33)15-19-9-7-12-22(16-19)26(27,28)29;/h4-7,9-12,15-16,23,25H,8,13-14,17-18H2,1-3H3;1H. The van der Waals surface area contributed by atoms with Gasteiger partial charge in [-0.25, -0.2) is 0 Å². The maximum absolute atomic E-state index is 13.2. The molecule has 0 amide bonds. The zero-order valence-electron chi connectivity index (χ0n) is 19.8. The minimum absolute atomic E-state index is 0. The van der Waals surface area contributed by atoms with E-state index in [1.807, 2.05) is 12.1 Å².